The lowest BCUT2D eigenvalue weighted by Gasteiger charge is -2.43. The van der Waals surface area contributed by atoms with Crippen LogP contribution in [0.1, 0.15) is 87.8 Å². The minimum atomic E-state index is -4.55. The van der Waals surface area contributed by atoms with Gasteiger partial charge in [-0.25, -0.2) is 8.42 Å². The number of hydrogen-bond acceptors (Lipinski definition) is 12. The van der Waals surface area contributed by atoms with Crippen LogP contribution in [0, 0.1) is 6.92 Å². The molecule has 6 N–H and O–H groups in total. The Hall–Kier alpha value is -3.08. The SMILES string of the molecule is CCCCCC(=O)N(CCCCSc1ccc(C)c(CNC2(c3cnccc3-c3ccccc3OC3CC3)CC2)c1)C(O)(O)C(O)(O)C(O)S(C)(=O)=O. The van der Waals surface area contributed by atoms with E-state index in [0.29, 0.717) is 48.8 Å². The second-order valence-corrected chi connectivity index (χ2v) is 17.6. The first-order chi connectivity index (χ1) is 25.1. The van der Waals surface area contributed by atoms with Gasteiger partial charge in [-0.1, -0.05) is 44.0 Å². The van der Waals surface area contributed by atoms with E-state index in [1.807, 2.05) is 43.6 Å². The minimum Gasteiger partial charge on any atom is -0.490 e. The fourth-order valence-corrected chi connectivity index (χ4v) is 8.10. The number of para-hydroxylation sites is 1. The summed E-state index contributed by atoms with van der Waals surface area (Å²) in [6, 6.07) is 16.5. The summed E-state index contributed by atoms with van der Waals surface area (Å²) in [6.45, 7) is 4.36. The Kier molecular flexibility index (Phi) is 13.3. The van der Waals surface area contributed by atoms with Crippen LogP contribution in [-0.2, 0) is 26.7 Å². The molecule has 0 aliphatic heterocycles. The van der Waals surface area contributed by atoms with Crippen LogP contribution in [0.5, 0.6) is 5.75 Å². The van der Waals surface area contributed by atoms with Gasteiger partial charge in [-0.2, -0.15) is 0 Å². The Morgan fingerprint density at radius 2 is 1.79 bits per heavy atom. The van der Waals surface area contributed by atoms with Crippen LogP contribution in [0.4, 0.5) is 0 Å². The molecule has 0 spiro atoms. The number of aromatic nitrogens is 1. The number of benzene rings is 2. The molecule has 1 amide bonds. The maximum Gasteiger partial charge on any atom is 0.309 e. The molecule has 290 valence electrons. The average Bonchev–Trinajstić information content (AvgIpc) is 4.07. The highest BCUT2D eigenvalue weighted by Crippen LogP contribution is 2.50. The minimum absolute atomic E-state index is 0.123. The van der Waals surface area contributed by atoms with Crippen molar-refractivity contribution in [3.05, 3.63) is 77.6 Å². The molecule has 0 radical (unpaired) electrons. The van der Waals surface area contributed by atoms with Crippen LogP contribution in [0.25, 0.3) is 11.1 Å². The maximum atomic E-state index is 13.0. The first kappa shape index (κ1) is 41.1. The van der Waals surface area contributed by atoms with Crippen molar-refractivity contribution in [2.45, 2.75) is 118 Å². The lowest BCUT2D eigenvalue weighted by atomic mass is 9.94. The number of unbranched alkanes of at least 4 members (excludes halogenated alkanes) is 3. The fraction of sp³-hybridized carbons (Fsp3) is 0.538. The van der Waals surface area contributed by atoms with Crippen LogP contribution < -0.4 is 10.1 Å². The number of nitrogens with one attached hydrogen (secondary N) is 1. The van der Waals surface area contributed by atoms with Gasteiger partial charge in [0, 0.05) is 54.2 Å². The third kappa shape index (κ3) is 9.97. The van der Waals surface area contributed by atoms with Crippen molar-refractivity contribution in [1.82, 2.24) is 15.2 Å². The quantitative estimate of drug-likeness (QED) is 0.0512. The number of pyridine rings is 1. The number of nitrogens with zero attached hydrogens (tertiary/aromatic N) is 2. The molecule has 1 heterocycles. The van der Waals surface area contributed by atoms with Crippen LogP contribution in [0.15, 0.2) is 65.8 Å². The number of amides is 1. The summed E-state index contributed by atoms with van der Waals surface area (Å²) in [5, 5.41) is 56.3. The molecule has 53 heavy (non-hydrogen) atoms. The van der Waals surface area contributed by atoms with Gasteiger partial charge in [0.25, 0.3) is 5.79 Å². The van der Waals surface area contributed by atoms with Crippen LogP contribution in [0.3, 0.4) is 0 Å². The van der Waals surface area contributed by atoms with Gasteiger partial charge in [0.05, 0.1) is 6.10 Å². The molecular weight excluding hydrogens is 719 g/mol. The van der Waals surface area contributed by atoms with Gasteiger partial charge in [0.15, 0.2) is 9.84 Å². The van der Waals surface area contributed by atoms with Crippen molar-refractivity contribution in [2.75, 3.05) is 18.6 Å². The zero-order chi connectivity index (χ0) is 38.4. The monoisotopic (exact) mass is 771 g/mol. The topological polar surface area (TPSA) is 190 Å². The molecule has 2 aromatic carbocycles. The van der Waals surface area contributed by atoms with E-state index in [2.05, 4.69) is 41.5 Å². The van der Waals surface area contributed by atoms with Gasteiger partial charge in [-0.15, -0.1) is 11.8 Å². The normalized spacial score (nSPS) is 16.3. The van der Waals surface area contributed by atoms with E-state index in [1.54, 1.807) is 11.8 Å². The van der Waals surface area contributed by atoms with Gasteiger partial charge >= 0.3 is 5.91 Å². The first-order valence-electron chi connectivity index (χ1n) is 18.4. The van der Waals surface area contributed by atoms with E-state index in [0.717, 1.165) is 70.6 Å². The van der Waals surface area contributed by atoms with Gasteiger partial charge in [-0.05, 0) is 104 Å². The van der Waals surface area contributed by atoms with Crippen molar-refractivity contribution in [3.63, 3.8) is 0 Å². The molecular formula is C39H53N3O9S2. The van der Waals surface area contributed by atoms with Crippen molar-refractivity contribution >= 4 is 27.5 Å². The van der Waals surface area contributed by atoms with E-state index < -0.39 is 32.9 Å². The van der Waals surface area contributed by atoms with Crippen LogP contribution in [-0.4, -0.2) is 91.5 Å². The average molecular weight is 772 g/mol. The largest absolute Gasteiger partial charge is 0.490 e. The number of thioether (sulfide) groups is 1. The van der Waals surface area contributed by atoms with Crippen LogP contribution in [0.2, 0.25) is 0 Å². The number of hydrogen-bond donors (Lipinski definition) is 6. The summed E-state index contributed by atoms with van der Waals surface area (Å²) in [6.07, 6.45) is 11.3. The van der Waals surface area contributed by atoms with Crippen LogP contribution >= 0.6 is 11.8 Å². The number of aryl methyl sites for hydroxylation is 1. The molecule has 1 aromatic heterocycles. The highest BCUT2D eigenvalue weighted by Gasteiger charge is 2.61. The number of aliphatic hydroxyl groups is 5. The van der Waals surface area contributed by atoms with Crippen molar-refractivity contribution < 1.29 is 43.5 Å². The molecule has 3 aromatic rings. The molecule has 2 aliphatic rings. The fourth-order valence-electron chi connectivity index (χ4n) is 6.37. The Morgan fingerprint density at radius 3 is 2.47 bits per heavy atom. The lowest BCUT2D eigenvalue weighted by Crippen LogP contribution is -2.71. The summed E-state index contributed by atoms with van der Waals surface area (Å²) in [4.78, 5) is 19.0. The Bertz CT molecular complexity index is 1830. The van der Waals surface area contributed by atoms with Crippen molar-refractivity contribution in [1.29, 1.82) is 0 Å². The highest BCUT2D eigenvalue weighted by atomic mass is 32.2. The van der Waals surface area contributed by atoms with Gasteiger partial charge in [0.1, 0.15) is 5.75 Å². The second-order valence-electron chi connectivity index (χ2n) is 14.4. The standard InChI is InChI=1S/C39H53N3O9S2/c1-4-5-6-13-35(43)42(39(47,48)38(45,46)36(44)53(3,49)50)22-9-10-23-52-30-17-14-27(2)28(24-30)25-41-37(19-20-37)33-26-40-21-18-31(33)32-11-7-8-12-34(32)51-29-15-16-29/h7-8,11-12,14,17-18,21,24,26,29,36,41,44-48H,4-6,9-10,13,15-16,19-20,22-23,25H2,1-3H3. The smallest absolute Gasteiger partial charge is 0.309 e. The van der Waals surface area contributed by atoms with E-state index in [-0.39, 0.29) is 24.9 Å². The van der Waals surface area contributed by atoms with Crippen molar-refractivity contribution in [2.24, 2.45) is 0 Å². The molecule has 12 nitrogen and oxygen atoms in total. The van der Waals surface area contributed by atoms with E-state index in [4.69, 9.17) is 4.74 Å². The number of carbonyl (C=O) groups is 1. The number of aliphatic hydroxyl groups excluding tert-OH is 1. The summed E-state index contributed by atoms with van der Waals surface area (Å²) in [5.41, 5.74) is 2.50. The highest BCUT2D eigenvalue weighted by molar-refractivity contribution is 7.99. The zero-order valence-electron chi connectivity index (χ0n) is 30.7. The van der Waals surface area contributed by atoms with E-state index in [1.165, 1.54) is 0 Å². The zero-order valence-corrected chi connectivity index (χ0v) is 32.3. The Morgan fingerprint density at radius 1 is 1.06 bits per heavy atom. The predicted molar refractivity (Wildman–Crippen MR) is 203 cm³/mol. The number of carbonyl (C=O) groups excluding carboxylic acids is 1. The molecule has 2 aliphatic carbocycles. The first-order valence-corrected chi connectivity index (χ1v) is 21.3. The molecule has 1 atom stereocenters. The third-order valence-electron chi connectivity index (χ3n) is 9.98. The molecule has 14 heteroatoms. The molecule has 5 rings (SSSR count). The van der Waals surface area contributed by atoms with E-state index >= 15 is 0 Å². The third-order valence-corrected chi connectivity index (χ3v) is 12.2. The predicted octanol–water partition coefficient (Wildman–Crippen LogP) is 4.34. The summed E-state index contributed by atoms with van der Waals surface area (Å²) < 4.78 is 30.0. The number of ether oxygens (including phenoxy) is 1. The number of rotatable bonds is 21. The molecule has 1 unspecified atom stereocenters. The molecule has 0 saturated heterocycles. The lowest BCUT2D eigenvalue weighted by molar-refractivity contribution is -0.416. The van der Waals surface area contributed by atoms with Gasteiger partial charge in [0.2, 0.25) is 11.3 Å². The van der Waals surface area contributed by atoms with Gasteiger partial charge in [-0.3, -0.25) is 14.7 Å². The Balaban J connectivity index is 1.20. The maximum absolute atomic E-state index is 13.0. The Labute approximate surface area is 316 Å². The van der Waals surface area contributed by atoms with Crippen molar-refractivity contribution in [3.8, 4) is 16.9 Å². The molecule has 0 bridgehead atoms. The van der Waals surface area contributed by atoms with Gasteiger partial charge < -0.3 is 35.6 Å². The molecule has 2 saturated carbocycles. The summed E-state index contributed by atoms with van der Waals surface area (Å²) in [7, 11) is -4.55. The van der Waals surface area contributed by atoms with E-state index in [9.17, 15) is 38.7 Å². The summed E-state index contributed by atoms with van der Waals surface area (Å²) in [5.74, 6) is -7.03. The summed E-state index contributed by atoms with van der Waals surface area (Å²) >= 11 is 1.60. The second kappa shape index (κ2) is 17.2. The number of sulfone groups is 1. The molecule has 2 fully saturated rings.